The molecule has 0 aliphatic carbocycles. The highest BCUT2D eigenvalue weighted by Gasteiger charge is 2.53. The van der Waals surface area contributed by atoms with Gasteiger partial charge in [0.05, 0.1) is 13.7 Å². The molecule has 4 heterocycles. The van der Waals surface area contributed by atoms with Gasteiger partial charge < -0.3 is 29.2 Å². The van der Waals surface area contributed by atoms with E-state index in [0.29, 0.717) is 28.1 Å². The Morgan fingerprint density at radius 3 is 2.56 bits per heavy atom. The fraction of sp³-hybridized carbons (Fsp3) is 0.357. The van der Waals surface area contributed by atoms with Gasteiger partial charge in [0.1, 0.15) is 22.9 Å². The van der Waals surface area contributed by atoms with E-state index >= 15 is 0 Å². The molecule has 0 radical (unpaired) electrons. The van der Waals surface area contributed by atoms with Crippen LogP contribution in [-0.2, 0) is 16.9 Å². The zero-order valence-corrected chi connectivity index (χ0v) is 21.9. The normalized spacial score (nSPS) is 21.3. The summed E-state index contributed by atoms with van der Waals surface area (Å²) >= 11 is 0. The molecule has 0 saturated carbocycles. The molecule has 2 aromatic carbocycles. The maximum Gasteiger partial charge on any atom is 0.322 e. The molecular formula is C28H30N6O5. The first-order valence-electron chi connectivity index (χ1n) is 13.0. The standard InChI is InChI=1S/C28H30N6O5/c1-3-32-8-10-33(11-9-32)24(29)17-5-7-22-19(12-17)13-23(39-22)28(26(36)30-27(37)31-28)16-34-15-18-4-6-20(38-2)14-21(18)25(34)35/h4-7,12-14,29H,3,8-11,15-16H2,1-2H3,(H2,30,31,36,37)/t28-/m0/s1. The Labute approximate surface area is 225 Å². The number of imide groups is 1. The minimum absolute atomic E-state index is 0.107. The minimum atomic E-state index is -1.60. The van der Waals surface area contributed by atoms with Crippen molar-refractivity contribution in [2.45, 2.75) is 19.0 Å². The lowest BCUT2D eigenvalue weighted by molar-refractivity contribution is -0.125. The van der Waals surface area contributed by atoms with Crippen LogP contribution in [0.1, 0.15) is 34.2 Å². The van der Waals surface area contributed by atoms with Crippen LogP contribution in [0.3, 0.4) is 0 Å². The van der Waals surface area contributed by atoms with E-state index in [9.17, 15) is 14.4 Å². The van der Waals surface area contributed by atoms with Crippen molar-refractivity contribution in [3.05, 3.63) is 64.9 Å². The van der Waals surface area contributed by atoms with Gasteiger partial charge in [-0.15, -0.1) is 0 Å². The van der Waals surface area contributed by atoms with Crippen LogP contribution < -0.4 is 15.4 Å². The van der Waals surface area contributed by atoms with Crippen LogP contribution >= 0.6 is 0 Å². The molecule has 3 aliphatic heterocycles. The third-order valence-electron chi connectivity index (χ3n) is 7.91. The van der Waals surface area contributed by atoms with E-state index in [1.54, 1.807) is 24.3 Å². The number of hydrogen-bond acceptors (Lipinski definition) is 7. The number of amidine groups is 1. The number of nitrogens with zero attached hydrogens (tertiary/aromatic N) is 3. The molecule has 4 amide bonds. The Bertz CT molecular complexity index is 1510. The number of likely N-dealkylation sites (N-methyl/N-ethyl adjacent to an activating group) is 1. The summed E-state index contributed by atoms with van der Waals surface area (Å²) in [6, 6.07) is 11.8. The monoisotopic (exact) mass is 530 g/mol. The van der Waals surface area contributed by atoms with Crippen LogP contribution in [0.5, 0.6) is 5.75 Å². The molecule has 11 nitrogen and oxygen atoms in total. The third kappa shape index (κ3) is 4.19. The summed E-state index contributed by atoms with van der Waals surface area (Å²) in [5.41, 5.74) is 0.983. The largest absolute Gasteiger partial charge is 0.497 e. The predicted molar refractivity (Wildman–Crippen MR) is 143 cm³/mol. The molecule has 0 unspecified atom stereocenters. The van der Waals surface area contributed by atoms with Gasteiger partial charge in [0.2, 0.25) is 0 Å². The van der Waals surface area contributed by atoms with Crippen molar-refractivity contribution in [3.8, 4) is 5.75 Å². The summed E-state index contributed by atoms with van der Waals surface area (Å²) in [7, 11) is 1.53. The lowest BCUT2D eigenvalue weighted by Crippen LogP contribution is -2.52. The number of fused-ring (bicyclic) bond motifs is 2. The van der Waals surface area contributed by atoms with Crippen molar-refractivity contribution in [1.82, 2.24) is 25.3 Å². The Morgan fingerprint density at radius 2 is 1.87 bits per heavy atom. The molecular weight excluding hydrogens is 500 g/mol. The highest BCUT2D eigenvalue weighted by molar-refractivity contribution is 6.08. The highest BCUT2D eigenvalue weighted by atomic mass is 16.5. The Balaban J connectivity index is 1.30. The number of urea groups is 1. The van der Waals surface area contributed by atoms with Crippen LogP contribution in [0, 0.1) is 5.41 Å². The molecule has 2 fully saturated rings. The van der Waals surface area contributed by atoms with Crippen molar-refractivity contribution in [2.24, 2.45) is 0 Å². The number of carbonyl (C=O) groups excluding carboxylic acids is 3. The highest BCUT2D eigenvalue weighted by Crippen LogP contribution is 2.35. The average molecular weight is 531 g/mol. The van der Waals surface area contributed by atoms with E-state index < -0.39 is 17.5 Å². The number of piperazine rings is 1. The summed E-state index contributed by atoms with van der Waals surface area (Å²) in [4.78, 5) is 44.8. The van der Waals surface area contributed by atoms with Crippen LogP contribution in [-0.4, -0.2) is 84.8 Å². The first-order chi connectivity index (χ1) is 18.8. The zero-order chi connectivity index (χ0) is 27.3. The maximum atomic E-state index is 13.3. The topological polar surface area (TPSA) is 131 Å². The first kappa shape index (κ1) is 24.9. The van der Waals surface area contributed by atoms with Crippen LogP contribution in [0.25, 0.3) is 11.0 Å². The van der Waals surface area contributed by atoms with Crippen molar-refractivity contribution in [3.63, 3.8) is 0 Å². The molecule has 0 spiro atoms. The van der Waals surface area contributed by atoms with Crippen LogP contribution in [0.4, 0.5) is 4.79 Å². The SMILES string of the molecule is CCN1CCN(C(=N)c2ccc3oc([C@]4(CN5Cc6ccc(OC)cc6C5=O)NC(=O)NC4=O)cc3c2)CC1. The molecule has 3 aromatic rings. The number of rotatable bonds is 6. The number of carbonyl (C=O) groups is 3. The number of furan rings is 1. The summed E-state index contributed by atoms with van der Waals surface area (Å²) in [6.07, 6.45) is 0. The lowest BCUT2D eigenvalue weighted by atomic mass is 9.95. The van der Waals surface area contributed by atoms with Gasteiger partial charge >= 0.3 is 6.03 Å². The number of nitrogens with one attached hydrogen (secondary N) is 3. The molecule has 11 heteroatoms. The number of benzene rings is 2. The minimum Gasteiger partial charge on any atom is -0.497 e. The third-order valence-corrected chi connectivity index (χ3v) is 7.91. The lowest BCUT2D eigenvalue weighted by Gasteiger charge is -2.35. The van der Waals surface area contributed by atoms with Crippen LogP contribution in [0.2, 0.25) is 0 Å². The number of methoxy groups -OCH3 is 1. The molecule has 3 N–H and O–H groups in total. The molecule has 202 valence electrons. The Morgan fingerprint density at radius 1 is 1.08 bits per heavy atom. The van der Waals surface area contributed by atoms with Gasteiger partial charge in [-0.3, -0.25) is 20.3 Å². The van der Waals surface area contributed by atoms with Gasteiger partial charge in [-0.2, -0.15) is 0 Å². The number of amides is 4. The maximum absolute atomic E-state index is 13.3. The van der Waals surface area contributed by atoms with E-state index in [1.165, 1.54) is 12.0 Å². The summed E-state index contributed by atoms with van der Waals surface area (Å²) in [6.45, 7) is 6.73. The second-order valence-corrected chi connectivity index (χ2v) is 10.1. The first-order valence-corrected chi connectivity index (χ1v) is 13.0. The summed E-state index contributed by atoms with van der Waals surface area (Å²) < 4.78 is 11.4. The van der Waals surface area contributed by atoms with E-state index in [4.69, 9.17) is 14.6 Å². The van der Waals surface area contributed by atoms with E-state index in [2.05, 4.69) is 27.4 Å². The van der Waals surface area contributed by atoms with E-state index in [1.807, 2.05) is 18.2 Å². The average Bonchev–Trinajstić information content (AvgIpc) is 3.61. The zero-order valence-electron chi connectivity index (χ0n) is 21.9. The number of ether oxygens (including phenoxy) is 1. The predicted octanol–water partition coefficient (Wildman–Crippen LogP) is 2.09. The van der Waals surface area contributed by atoms with Gasteiger partial charge in [-0.05, 0) is 48.5 Å². The Kier molecular flexibility index (Phi) is 6.02. The van der Waals surface area contributed by atoms with Crippen molar-refractivity contribution >= 4 is 34.7 Å². The quantitative estimate of drug-likeness (QED) is 0.253. The van der Waals surface area contributed by atoms with Crippen molar-refractivity contribution in [1.29, 1.82) is 5.41 Å². The summed E-state index contributed by atoms with van der Waals surface area (Å²) in [5, 5.41) is 14.5. The van der Waals surface area contributed by atoms with Crippen LogP contribution in [0.15, 0.2) is 46.9 Å². The van der Waals surface area contributed by atoms with Crippen molar-refractivity contribution in [2.75, 3.05) is 46.4 Å². The smallest absolute Gasteiger partial charge is 0.322 e. The van der Waals surface area contributed by atoms with Gasteiger partial charge in [-0.25, -0.2) is 4.79 Å². The second kappa shape index (κ2) is 9.42. The molecule has 3 aliphatic rings. The van der Waals surface area contributed by atoms with Gasteiger partial charge in [0.15, 0.2) is 5.54 Å². The van der Waals surface area contributed by atoms with E-state index in [-0.39, 0.29) is 24.8 Å². The molecule has 6 rings (SSSR count). The Hall–Kier alpha value is -4.38. The van der Waals surface area contributed by atoms with Gasteiger partial charge in [0, 0.05) is 49.2 Å². The molecule has 1 atom stereocenters. The van der Waals surface area contributed by atoms with E-state index in [0.717, 1.165) is 43.9 Å². The van der Waals surface area contributed by atoms with Gasteiger partial charge in [-0.1, -0.05) is 13.0 Å². The fourth-order valence-electron chi connectivity index (χ4n) is 5.61. The molecule has 0 bridgehead atoms. The second-order valence-electron chi connectivity index (χ2n) is 10.1. The summed E-state index contributed by atoms with van der Waals surface area (Å²) in [5.74, 6) is 0.383. The fourth-order valence-corrected chi connectivity index (χ4v) is 5.61. The van der Waals surface area contributed by atoms with Crippen molar-refractivity contribution < 1.29 is 23.5 Å². The molecule has 39 heavy (non-hydrogen) atoms. The molecule has 2 saturated heterocycles. The number of hydrogen-bond donors (Lipinski definition) is 3. The van der Waals surface area contributed by atoms with Gasteiger partial charge in [0.25, 0.3) is 11.8 Å². The molecule has 1 aromatic heterocycles.